The molecule has 32 heavy (non-hydrogen) atoms. The van der Waals surface area contributed by atoms with Crippen LogP contribution >= 0.6 is 24.0 Å². The van der Waals surface area contributed by atoms with Crippen molar-refractivity contribution in [1.29, 1.82) is 0 Å². The summed E-state index contributed by atoms with van der Waals surface area (Å²) < 4.78 is 10.2. The quantitative estimate of drug-likeness (QED) is 0.464. The molecule has 0 bridgehead atoms. The summed E-state index contributed by atoms with van der Waals surface area (Å²) in [5.41, 5.74) is 1.54. The Labute approximate surface area is 198 Å². The summed E-state index contributed by atoms with van der Waals surface area (Å²) in [6.45, 7) is 6.13. The number of esters is 2. The van der Waals surface area contributed by atoms with E-state index >= 15 is 0 Å². The van der Waals surface area contributed by atoms with Gasteiger partial charge in [0.25, 0.3) is 5.91 Å². The molecule has 0 aliphatic carbocycles. The fourth-order valence-electron chi connectivity index (χ4n) is 3.44. The molecule has 2 aromatic carbocycles. The third-order valence-electron chi connectivity index (χ3n) is 4.94. The van der Waals surface area contributed by atoms with E-state index < -0.39 is 11.9 Å². The van der Waals surface area contributed by atoms with Crippen LogP contribution in [0.25, 0.3) is 0 Å². The number of benzene rings is 2. The first kappa shape index (κ1) is 25.6. The van der Waals surface area contributed by atoms with Gasteiger partial charge in [-0.25, -0.2) is 0 Å². The SMILES string of the molecule is CC(=O)Oc1cc(OC(C)=O)cc(C(=O)N2CCN(CCc3ccc(Cl)cc3)CC2)c1.Cl. The summed E-state index contributed by atoms with van der Waals surface area (Å²) in [7, 11) is 0. The molecule has 2 aromatic rings. The highest BCUT2D eigenvalue weighted by molar-refractivity contribution is 6.30. The number of rotatable bonds is 6. The molecule has 0 radical (unpaired) electrons. The Morgan fingerprint density at radius 2 is 1.41 bits per heavy atom. The molecule has 0 N–H and O–H groups in total. The Morgan fingerprint density at radius 1 is 0.875 bits per heavy atom. The van der Waals surface area contributed by atoms with Crippen molar-refractivity contribution in [2.75, 3.05) is 32.7 Å². The highest BCUT2D eigenvalue weighted by Gasteiger charge is 2.23. The largest absolute Gasteiger partial charge is 0.427 e. The fourth-order valence-corrected chi connectivity index (χ4v) is 3.57. The lowest BCUT2D eigenvalue weighted by atomic mass is 10.1. The minimum atomic E-state index is -0.521. The first-order chi connectivity index (χ1) is 14.8. The number of carbonyl (C=O) groups excluding carboxylic acids is 3. The summed E-state index contributed by atoms with van der Waals surface area (Å²) in [5.74, 6) is -0.910. The van der Waals surface area contributed by atoms with Crippen LogP contribution in [0.4, 0.5) is 0 Å². The van der Waals surface area contributed by atoms with Gasteiger partial charge in [0.2, 0.25) is 0 Å². The van der Waals surface area contributed by atoms with E-state index in [9.17, 15) is 14.4 Å². The predicted molar refractivity (Wildman–Crippen MR) is 124 cm³/mol. The standard InChI is InChI=1S/C23H25ClN2O5.ClH/c1-16(27)30-21-13-19(14-22(15-21)31-17(2)28)23(29)26-11-9-25(10-12-26)8-7-18-3-5-20(24)6-4-18;/h3-6,13-15H,7-12H2,1-2H3;1H. The second kappa shape index (κ2) is 11.9. The van der Waals surface area contributed by atoms with E-state index in [2.05, 4.69) is 4.90 Å². The molecule has 1 heterocycles. The van der Waals surface area contributed by atoms with Gasteiger partial charge >= 0.3 is 11.9 Å². The number of carbonyl (C=O) groups is 3. The van der Waals surface area contributed by atoms with Crippen LogP contribution in [0.2, 0.25) is 5.02 Å². The zero-order chi connectivity index (χ0) is 22.4. The predicted octanol–water partition coefficient (Wildman–Crippen LogP) is 3.61. The number of nitrogens with zero attached hydrogens (tertiary/aromatic N) is 2. The number of halogens is 2. The molecule has 1 aliphatic rings. The molecule has 9 heteroatoms. The minimum absolute atomic E-state index is 0. The van der Waals surface area contributed by atoms with Gasteiger partial charge < -0.3 is 14.4 Å². The van der Waals surface area contributed by atoms with E-state index in [0.717, 1.165) is 31.1 Å². The van der Waals surface area contributed by atoms with Crippen LogP contribution in [0.3, 0.4) is 0 Å². The van der Waals surface area contributed by atoms with E-state index in [1.165, 1.54) is 37.6 Å². The minimum Gasteiger partial charge on any atom is -0.427 e. The molecule has 0 aromatic heterocycles. The topological polar surface area (TPSA) is 76.1 Å². The van der Waals surface area contributed by atoms with Crippen molar-refractivity contribution in [2.45, 2.75) is 20.3 Å². The van der Waals surface area contributed by atoms with Crippen molar-refractivity contribution >= 4 is 41.9 Å². The van der Waals surface area contributed by atoms with E-state index in [1.807, 2.05) is 24.3 Å². The Morgan fingerprint density at radius 3 is 1.91 bits per heavy atom. The van der Waals surface area contributed by atoms with E-state index in [1.54, 1.807) is 4.90 Å². The Kier molecular flexibility index (Phi) is 9.50. The fraction of sp³-hybridized carbons (Fsp3) is 0.348. The number of hydrogen-bond acceptors (Lipinski definition) is 6. The third-order valence-corrected chi connectivity index (χ3v) is 5.19. The Balaban J connectivity index is 0.00000363. The number of hydrogen-bond donors (Lipinski definition) is 0. The summed E-state index contributed by atoms with van der Waals surface area (Å²) in [6, 6.07) is 12.2. The molecule has 0 saturated carbocycles. The van der Waals surface area contributed by atoms with Gasteiger partial charge in [-0.3, -0.25) is 19.3 Å². The summed E-state index contributed by atoms with van der Waals surface area (Å²) in [6.07, 6.45) is 0.918. The monoisotopic (exact) mass is 480 g/mol. The molecular weight excluding hydrogens is 455 g/mol. The van der Waals surface area contributed by atoms with E-state index in [4.69, 9.17) is 21.1 Å². The van der Waals surface area contributed by atoms with Gasteiger partial charge in [0.05, 0.1) is 0 Å². The number of piperazine rings is 1. The second-order valence-corrected chi connectivity index (χ2v) is 7.83. The van der Waals surface area contributed by atoms with Crippen molar-refractivity contribution in [2.24, 2.45) is 0 Å². The molecular formula is C23H26Cl2N2O5. The summed E-state index contributed by atoms with van der Waals surface area (Å²) in [5, 5.41) is 0.727. The summed E-state index contributed by atoms with van der Waals surface area (Å²) >= 11 is 5.93. The van der Waals surface area contributed by atoms with Crippen molar-refractivity contribution in [3.63, 3.8) is 0 Å². The molecule has 7 nitrogen and oxygen atoms in total. The molecule has 0 unspecified atom stereocenters. The smallest absolute Gasteiger partial charge is 0.308 e. The van der Waals surface area contributed by atoms with Crippen molar-refractivity contribution in [3.8, 4) is 11.5 Å². The first-order valence-corrected chi connectivity index (χ1v) is 10.5. The van der Waals surface area contributed by atoms with Crippen LogP contribution in [-0.4, -0.2) is 60.4 Å². The normalized spacial score (nSPS) is 13.8. The average molecular weight is 481 g/mol. The maximum Gasteiger partial charge on any atom is 0.308 e. The van der Waals surface area contributed by atoms with Gasteiger partial charge in [-0.1, -0.05) is 23.7 Å². The van der Waals surface area contributed by atoms with E-state index in [-0.39, 0.29) is 29.8 Å². The lowest BCUT2D eigenvalue weighted by Crippen LogP contribution is -2.49. The third kappa shape index (κ3) is 7.51. The van der Waals surface area contributed by atoms with Gasteiger partial charge in [-0.15, -0.1) is 12.4 Å². The molecule has 3 rings (SSSR count). The second-order valence-electron chi connectivity index (χ2n) is 7.39. The van der Waals surface area contributed by atoms with Crippen LogP contribution in [0.15, 0.2) is 42.5 Å². The zero-order valence-corrected chi connectivity index (χ0v) is 19.6. The highest BCUT2D eigenvalue weighted by atomic mass is 35.5. The van der Waals surface area contributed by atoms with Gasteiger partial charge in [0.1, 0.15) is 11.5 Å². The van der Waals surface area contributed by atoms with Crippen molar-refractivity contribution in [3.05, 3.63) is 58.6 Å². The zero-order valence-electron chi connectivity index (χ0n) is 18.0. The van der Waals surface area contributed by atoms with Crippen LogP contribution in [0.1, 0.15) is 29.8 Å². The van der Waals surface area contributed by atoms with Crippen molar-refractivity contribution < 1.29 is 23.9 Å². The van der Waals surface area contributed by atoms with Gasteiger partial charge in [0.15, 0.2) is 0 Å². The van der Waals surface area contributed by atoms with Gasteiger partial charge in [0, 0.05) is 63.2 Å². The summed E-state index contributed by atoms with van der Waals surface area (Å²) in [4.78, 5) is 39.7. The molecule has 1 amide bonds. The average Bonchev–Trinajstić information content (AvgIpc) is 2.72. The molecule has 0 atom stereocenters. The maximum absolute atomic E-state index is 13.0. The molecule has 172 valence electrons. The first-order valence-electron chi connectivity index (χ1n) is 10.1. The highest BCUT2D eigenvalue weighted by Crippen LogP contribution is 2.25. The maximum atomic E-state index is 13.0. The molecule has 1 aliphatic heterocycles. The lowest BCUT2D eigenvalue weighted by Gasteiger charge is -2.34. The lowest BCUT2D eigenvalue weighted by molar-refractivity contribution is -0.132. The Hall–Kier alpha value is -2.61. The van der Waals surface area contributed by atoms with Gasteiger partial charge in [-0.2, -0.15) is 0 Å². The van der Waals surface area contributed by atoms with E-state index in [0.29, 0.717) is 18.7 Å². The molecule has 0 spiro atoms. The molecule has 1 saturated heterocycles. The van der Waals surface area contributed by atoms with Crippen LogP contribution in [0, 0.1) is 0 Å². The molecule has 1 fully saturated rings. The number of amides is 1. The van der Waals surface area contributed by atoms with Gasteiger partial charge in [-0.05, 0) is 36.2 Å². The van der Waals surface area contributed by atoms with Crippen LogP contribution in [-0.2, 0) is 16.0 Å². The van der Waals surface area contributed by atoms with Crippen LogP contribution in [0.5, 0.6) is 11.5 Å². The van der Waals surface area contributed by atoms with Crippen molar-refractivity contribution in [1.82, 2.24) is 9.80 Å². The number of ether oxygens (including phenoxy) is 2. The van der Waals surface area contributed by atoms with Crippen LogP contribution < -0.4 is 9.47 Å². The Bertz CT molecular complexity index is 923.